The Morgan fingerprint density at radius 3 is 2.69 bits per heavy atom. The molecule has 1 heterocycles. The largest absolute Gasteiger partial charge is 0.497 e. The van der Waals surface area contributed by atoms with Crippen molar-refractivity contribution in [3.05, 3.63) is 100 Å². The lowest BCUT2D eigenvalue weighted by atomic mass is 10.0. The molecule has 0 radical (unpaired) electrons. The third-order valence-corrected chi connectivity index (χ3v) is 5.49. The van der Waals surface area contributed by atoms with Gasteiger partial charge in [0.15, 0.2) is 6.10 Å². The Kier molecular flexibility index (Phi) is 6.71. The third kappa shape index (κ3) is 5.08. The summed E-state index contributed by atoms with van der Waals surface area (Å²) in [5.41, 5.74) is 2.58. The Morgan fingerprint density at radius 2 is 1.94 bits per heavy atom. The molecule has 3 aromatic carbocycles. The van der Waals surface area contributed by atoms with E-state index in [2.05, 4.69) is 5.16 Å². The number of halogens is 2. The van der Waals surface area contributed by atoms with Gasteiger partial charge in [-0.2, -0.15) is 0 Å². The highest BCUT2D eigenvalue weighted by Gasteiger charge is 2.28. The van der Waals surface area contributed by atoms with E-state index in [0.29, 0.717) is 17.2 Å². The zero-order valence-corrected chi connectivity index (χ0v) is 18.3. The minimum atomic E-state index is -0.557. The van der Waals surface area contributed by atoms with E-state index in [4.69, 9.17) is 21.2 Å². The smallest absolute Gasteiger partial charge is 0.257 e. The molecule has 0 N–H and O–H groups in total. The van der Waals surface area contributed by atoms with E-state index >= 15 is 0 Å². The third-order valence-electron chi connectivity index (χ3n) is 5.23. The van der Waals surface area contributed by atoms with Crippen molar-refractivity contribution in [2.24, 2.45) is 5.16 Å². The van der Waals surface area contributed by atoms with Gasteiger partial charge in [0.1, 0.15) is 11.6 Å². The van der Waals surface area contributed by atoms with Gasteiger partial charge in [-0.15, -0.1) is 0 Å². The zero-order valence-electron chi connectivity index (χ0n) is 17.5. The maximum atomic E-state index is 14.4. The molecule has 0 saturated carbocycles. The SMILES string of the molecule is COc1cccc(CN(CC2CC(c3ccc(Cl)cc3)=NO2)C(=O)c2ccccc2F)c1. The van der Waals surface area contributed by atoms with Crippen LogP contribution in [0.3, 0.4) is 0 Å². The molecular weight excluding hydrogens is 431 g/mol. The van der Waals surface area contributed by atoms with Gasteiger partial charge < -0.3 is 14.5 Å². The number of carbonyl (C=O) groups is 1. The van der Waals surface area contributed by atoms with Gasteiger partial charge in [0.2, 0.25) is 0 Å². The molecular formula is C25H22ClFN2O3. The van der Waals surface area contributed by atoms with E-state index in [1.807, 2.05) is 36.4 Å². The molecule has 7 heteroatoms. The molecule has 0 aromatic heterocycles. The number of benzene rings is 3. The molecule has 0 spiro atoms. The Labute approximate surface area is 191 Å². The van der Waals surface area contributed by atoms with E-state index in [9.17, 15) is 9.18 Å². The summed E-state index contributed by atoms with van der Waals surface area (Å²) in [6, 6.07) is 20.8. The van der Waals surface area contributed by atoms with Crippen LogP contribution in [0.25, 0.3) is 0 Å². The molecule has 3 aromatic rings. The lowest BCUT2D eigenvalue weighted by molar-refractivity contribution is 0.0402. The first-order valence-corrected chi connectivity index (χ1v) is 10.6. The fraction of sp³-hybridized carbons (Fsp3) is 0.200. The van der Waals surface area contributed by atoms with Gasteiger partial charge in [0.25, 0.3) is 5.91 Å². The molecule has 1 unspecified atom stereocenters. The van der Waals surface area contributed by atoms with Gasteiger partial charge in [-0.05, 0) is 47.5 Å². The molecule has 0 aliphatic carbocycles. The summed E-state index contributed by atoms with van der Waals surface area (Å²) >= 11 is 5.97. The van der Waals surface area contributed by atoms with Crippen molar-refractivity contribution in [2.45, 2.75) is 19.1 Å². The van der Waals surface area contributed by atoms with E-state index in [-0.39, 0.29) is 24.8 Å². The number of hydrogen-bond donors (Lipinski definition) is 0. The molecule has 0 fully saturated rings. The van der Waals surface area contributed by atoms with Gasteiger partial charge in [-0.1, -0.05) is 53.2 Å². The van der Waals surface area contributed by atoms with Crippen LogP contribution in [0.1, 0.15) is 27.9 Å². The summed E-state index contributed by atoms with van der Waals surface area (Å²) < 4.78 is 19.6. The van der Waals surface area contributed by atoms with Crippen LogP contribution in [-0.4, -0.2) is 36.3 Å². The number of nitrogens with zero attached hydrogens (tertiary/aromatic N) is 2. The van der Waals surface area contributed by atoms with Crippen molar-refractivity contribution in [3.8, 4) is 5.75 Å². The molecule has 0 saturated heterocycles. The maximum Gasteiger partial charge on any atom is 0.257 e. The number of methoxy groups -OCH3 is 1. The first kappa shape index (κ1) is 21.8. The summed E-state index contributed by atoms with van der Waals surface area (Å²) in [4.78, 5) is 20.5. The van der Waals surface area contributed by atoms with Crippen molar-refractivity contribution in [3.63, 3.8) is 0 Å². The van der Waals surface area contributed by atoms with Gasteiger partial charge in [0, 0.05) is 18.0 Å². The van der Waals surface area contributed by atoms with Crippen LogP contribution in [-0.2, 0) is 11.4 Å². The van der Waals surface area contributed by atoms with E-state index in [1.165, 1.54) is 12.1 Å². The lowest BCUT2D eigenvalue weighted by Gasteiger charge is -2.25. The van der Waals surface area contributed by atoms with Crippen LogP contribution in [0, 0.1) is 5.82 Å². The Morgan fingerprint density at radius 1 is 1.16 bits per heavy atom. The number of amides is 1. The monoisotopic (exact) mass is 452 g/mol. The summed E-state index contributed by atoms with van der Waals surface area (Å²) in [6.07, 6.45) is 0.183. The molecule has 4 rings (SSSR count). The molecule has 1 aliphatic rings. The quantitative estimate of drug-likeness (QED) is 0.487. The fourth-order valence-corrected chi connectivity index (χ4v) is 3.73. The van der Waals surface area contributed by atoms with Gasteiger partial charge in [0.05, 0.1) is 24.9 Å². The molecule has 1 atom stereocenters. The number of ether oxygens (including phenoxy) is 1. The molecule has 164 valence electrons. The van der Waals surface area contributed by atoms with E-state index in [0.717, 1.165) is 16.8 Å². The van der Waals surface area contributed by atoms with Crippen molar-refractivity contribution in [2.75, 3.05) is 13.7 Å². The fourth-order valence-electron chi connectivity index (χ4n) is 3.60. The van der Waals surface area contributed by atoms with Crippen molar-refractivity contribution >= 4 is 23.2 Å². The van der Waals surface area contributed by atoms with Crippen LogP contribution >= 0.6 is 11.6 Å². The molecule has 5 nitrogen and oxygen atoms in total. The number of rotatable bonds is 7. The second kappa shape index (κ2) is 9.83. The highest BCUT2D eigenvalue weighted by atomic mass is 35.5. The predicted octanol–water partition coefficient (Wildman–Crippen LogP) is 5.32. The van der Waals surface area contributed by atoms with E-state index < -0.39 is 11.7 Å². The predicted molar refractivity (Wildman–Crippen MR) is 122 cm³/mol. The van der Waals surface area contributed by atoms with Crippen LogP contribution in [0.4, 0.5) is 4.39 Å². The highest BCUT2D eigenvalue weighted by Crippen LogP contribution is 2.22. The Bertz CT molecular complexity index is 1130. The first-order chi connectivity index (χ1) is 15.5. The number of oxime groups is 1. The second-order valence-electron chi connectivity index (χ2n) is 7.49. The van der Waals surface area contributed by atoms with Crippen LogP contribution in [0.15, 0.2) is 78.0 Å². The Balaban J connectivity index is 1.53. The topological polar surface area (TPSA) is 51.1 Å². The average molecular weight is 453 g/mol. The maximum absolute atomic E-state index is 14.4. The number of carbonyl (C=O) groups excluding carboxylic acids is 1. The standard InChI is InChI=1S/C25H22ClFN2O3/c1-31-20-6-4-5-17(13-20)15-29(25(30)22-7-2-3-8-23(22)27)16-21-14-24(28-32-21)18-9-11-19(26)12-10-18/h2-13,21H,14-16H2,1H3. The number of hydrogen-bond acceptors (Lipinski definition) is 4. The molecule has 0 bridgehead atoms. The van der Waals surface area contributed by atoms with Crippen molar-refractivity contribution in [1.82, 2.24) is 4.90 Å². The minimum absolute atomic E-state index is 0.0206. The average Bonchev–Trinajstić information content (AvgIpc) is 3.27. The van der Waals surface area contributed by atoms with Gasteiger partial charge in [-0.25, -0.2) is 4.39 Å². The van der Waals surface area contributed by atoms with E-state index in [1.54, 1.807) is 36.3 Å². The minimum Gasteiger partial charge on any atom is -0.497 e. The summed E-state index contributed by atoms with van der Waals surface area (Å²) in [6.45, 7) is 0.533. The molecule has 1 amide bonds. The van der Waals surface area contributed by atoms with Crippen LogP contribution < -0.4 is 4.74 Å². The highest BCUT2D eigenvalue weighted by molar-refractivity contribution is 6.30. The van der Waals surface area contributed by atoms with Gasteiger partial charge in [-0.3, -0.25) is 4.79 Å². The normalized spacial score (nSPS) is 15.1. The Hall–Kier alpha value is -3.38. The van der Waals surface area contributed by atoms with Crippen molar-refractivity contribution < 1.29 is 18.8 Å². The van der Waals surface area contributed by atoms with Crippen molar-refractivity contribution in [1.29, 1.82) is 0 Å². The lowest BCUT2D eigenvalue weighted by Crippen LogP contribution is -2.37. The molecule has 1 aliphatic heterocycles. The first-order valence-electron chi connectivity index (χ1n) is 10.2. The summed E-state index contributed by atoms with van der Waals surface area (Å²) in [5.74, 6) is -0.278. The second-order valence-corrected chi connectivity index (χ2v) is 7.93. The summed E-state index contributed by atoms with van der Waals surface area (Å²) in [7, 11) is 1.59. The zero-order chi connectivity index (χ0) is 22.5. The molecule has 32 heavy (non-hydrogen) atoms. The summed E-state index contributed by atoms with van der Waals surface area (Å²) in [5, 5.41) is 4.84. The van der Waals surface area contributed by atoms with Crippen LogP contribution in [0.2, 0.25) is 5.02 Å². The van der Waals surface area contributed by atoms with Crippen LogP contribution in [0.5, 0.6) is 5.75 Å². The van der Waals surface area contributed by atoms with Gasteiger partial charge >= 0.3 is 0 Å².